The minimum absolute atomic E-state index is 0.0774. The summed E-state index contributed by atoms with van der Waals surface area (Å²) in [5.74, 6) is -0.237. The maximum Gasteiger partial charge on any atom is 0.250 e. The van der Waals surface area contributed by atoms with Gasteiger partial charge < -0.3 is 0 Å². The molecule has 1 saturated carbocycles. The summed E-state index contributed by atoms with van der Waals surface area (Å²) >= 11 is 1.57. The Morgan fingerprint density at radius 1 is 1.07 bits per heavy atom. The molecule has 154 valence electrons. The first kappa shape index (κ1) is 20.3. The molecule has 0 radical (unpaired) electrons. The van der Waals surface area contributed by atoms with Gasteiger partial charge in [0.25, 0.3) is 0 Å². The van der Waals surface area contributed by atoms with Gasteiger partial charge in [-0.25, -0.2) is 18.1 Å². The molecule has 0 saturated heterocycles. The van der Waals surface area contributed by atoms with Crippen molar-refractivity contribution in [1.29, 1.82) is 0 Å². The van der Waals surface area contributed by atoms with Crippen LogP contribution in [0.15, 0.2) is 35.2 Å². The molecule has 1 amide bonds. The lowest BCUT2D eigenvalue weighted by atomic mass is 10.0. The molecule has 29 heavy (non-hydrogen) atoms. The van der Waals surface area contributed by atoms with Crippen LogP contribution in [0.1, 0.15) is 54.7 Å². The quantitative estimate of drug-likeness (QED) is 0.679. The van der Waals surface area contributed by atoms with Crippen LogP contribution in [-0.4, -0.2) is 25.4 Å². The summed E-state index contributed by atoms with van der Waals surface area (Å²) in [6, 6.07) is 6.58. The minimum Gasteiger partial charge on any atom is -0.298 e. The molecule has 2 aliphatic rings. The number of carbonyl (C=O) groups excluding carboxylic acids is 1. The molecule has 4 rings (SSSR count). The van der Waals surface area contributed by atoms with E-state index in [1.54, 1.807) is 41.7 Å². The van der Waals surface area contributed by atoms with Gasteiger partial charge in [0.15, 0.2) is 5.13 Å². The lowest BCUT2D eigenvalue weighted by Crippen LogP contribution is -2.25. The number of nitrogens with zero attached hydrogens (tertiary/aromatic N) is 1. The number of thiazole rings is 1. The van der Waals surface area contributed by atoms with Crippen molar-refractivity contribution in [3.05, 3.63) is 46.5 Å². The Bertz CT molecular complexity index is 981. The van der Waals surface area contributed by atoms with Gasteiger partial charge in [-0.05, 0) is 62.3 Å². The molecular weight excluding hydrogens is 406 g/mol. The van der Waals surface area contributed by atoms with Crippen molar-refractivity contribution in [3.8, 4) is 0 Å². The molecule has 0 spiro atoms. The number of hydrogen-bond acceptors (Lipinski definition) is 5. The molecule has 1 aromatic carbocycles. The van der Waals surface area contributed by atoms with E-state index in [-0.39, 0.29) is 16.8 Å². The van der Waals surface area contributed by atoms with E-state index in [0.29, 0.717) is 5.13 Å². The molecule has 0 aliphatic heterocycles. The first-order valence-electron chi connectivity index (χ1n) is 10.1. The topological polar surface area (TPSA) is 88.2 Å². The van der Waals surface area contributed by atoms with Crippen LogP contribution in [0.4, 0.5) is 5.13 Å². The Morgan fingerprint density at radius 3 is 2.52 bits per heavy atom. The number of rotatable bonds is 6. The van der Waals surface area contributed by atoms with Crippen LogP contribution in [0.2, 0.25) is 0 Å². The van der Waals surface area contributed by atoms with Crippen LogP contribution >= 0.6 is 11.3 Å². The third kappa shape index (κ3) is 5.52. The lowest BCUT2D eigenvalue weighted by molar-refractivity contribution is -0.111. The fourth-order valence-corrected chi connectivity index (χ4v) is 5.68. The van der Waals surface area contributed by atoms with Crippen molar-refractivity contribution in [1.82, 2.24) is 9.71 Å². The van der Waals surface area contributed by atoms with E-state index in [2.05, 4.69) is 15.0 Å². The Morgan fingerprint density at radius 2 is 1.79 bits per heavy atom. The fourth-order valence-electron chi connectivity index (χ4n) is 3.32. The largest absolute Gasteiger partial charge is 0.298 e. The van der Waals surface area contributed by atoms with E-state index in [1.807, 2.05) is 0 Å². The molecule has 2 N–H and O–H groups in total. The zero-order valence-corrected chi connectivity index (χ0v) is 17.8. The molecule has 8 heteroatoms. The molecule has 1 fully saturated rings. The van der Waals surface area contributed by atoms with E-state index in [1.165, 1.54) is 30.2 Å². The SMILES string of the molecule is O=C(/C=C/c1ccc(S(=O)(=O)NC2CC2)cc1)Nc1nc2c(s1)CCCCCC2. The number of amides is 1. The highest BCUT2D eigenvalue weighted by Crippen LogP contribution is 2.28. The summed E-state index contributed by atoms with van der Waals surface area (Å²) in [6.45, 7) is 0. The second-order valence-electron chi connectivity index (χ2n) is 7.59. The molecule has 1 heterocycles. The summed E-state index contributed by atoms with van der Waals surface area (Å²) in [4.78, 5) is 18.4. The van der Waals surface area contributed by atoms with Crippen molar-refractivity contribution in [2.45, 2.75) is 62.3 Å². The minimum atomic E-state index is -3.45. The third-order valence-electron chi connectivity index (χ3n) is 5.09. The Labute approximate surface area is 175 Å². The average Bonchev–Trinajstić information content (AvgIpc) is 3.41. The van der Waals surface area contributed by atoms with Crippen LogP contribution in [-0.2, 0) is 27.7 Å². The van der Waals surface area contributed by atoms with Crippen LogP contribution in [0.5, 0.6) is 0 Å². The molecule has 2 aromatic rings. The Hall–Kier alpha value is -2.03. The molecule has 0 bridgehead atoms. The van der Waals surface area contributed by atoms with Crippen LogP contribution in [0.25, 0.3) is 6.08 Å². The van der Waals surface area contributed by atoms with Gasteiger partial charge in [-0.1, -0.05) is 25.0 Å². The van der Waals surface area contributed by atoms with E-state index in [0.717, 1.165) is 43.4 Å². The zero-order valence-electron chi connectivity index (χ0n) is 16.2. The van der Waals surface area contributed by atoms with E-state index in [9.17, 15) is 13.2 Å². The Balaban J connectivity index is 1.36. The Kier molecular flexibility index (Phi) is 6.12. The number of benzene rings is 1. The standard InChI is InChI=1S/C21H25N3O3S2/c25-20(23-21-22-18-5-3-1-2-4-6-19(18)28-21)14-9-15-7-12-17(13-8-15)29(26,27)24-16-10-11-16/h7-9,12-14,16,24H,1-6,10-11H2,(H,22,23,25)/b14-9+. The number of fused-ring (bicyclic) bond motifs is 1. The van der Waals surface area contributed by atoms with Crippen molar-refractivity contribution in [2.75, 3.05) is 5.32 Å². The van der Waals surface area contributed by atoms with E-state index in [4.69, 9.17) is 0 Å². The first-order chi connectivity index (χ1) is 14.0. The third-order valence-corrected chi connectivity index (χ3v) is 7.70. The van der Waals surface area contributed by atoms with E-state index < -0.39 is 10.0 Å². The van der Waals surface area contributed by atoms with Crippen molar-refractivity contribution in [3.63, 3.8) is 0 Å². The van der Waals surface area contributed by atoms with Gasteiger partial charge in [0.1, 0.15) is 0 Å². The number of hydrogen-bond donors (Lipinski definition) is 2. The number of aromatic nitrogens is 1. The first-order valence-corrected chi connectivity index (χ1v) is 12.4. The predicted octanol–water partition coefficient (Wildman–Crippen LogP) is 3.89. The van der Waals surface area contributed by atoms with Gasteiger partial charge >= 0.3 is 0 Å². The van der Waals surface area contributed by atoms with Gasteiger partial charge in [0, 0.05) is 17.0 Å². The smallest absolute Gasteiger partial charge is 0.250 e. The van der Waals surface area contributed by atoms with Gasteiger partial charge in [0.2, 0.25) is 15.9 Å². The lowest BCUT2D eigenvalue weighted by Gasteiger charge is -2.06. The number of anilines is 1. The monoisotopic (exact) mass is 431 g/mol. The highest BCUT2D eigenvalue weighted by molar-refractivity contribution is 7.89. The number of aryl methyl sites for hydroxylation is 2. The number of nitrogens with one attached hydrogen (secondary N) is 2. The molecule has 6 nitrogen and oxygen atoms in total. The number of carbonyl (C=O) groups is 1. The van der Waals surface area contributed by atoms with E-state index >= 15 is 0 Å². The average molecular weight is 432 g/mol. The fraction of sp³-hybridized carbons (Fsp3) is 0.429. The van der Waals surface area contributed by atoms with Crippen LogP contribution in [0, 0.1) is 0 Å². The summed E-state index contributed by atoms with van der Waals surface area (Å²) in [6.07, 6.45) is 11.8. The normalized spacial score (nSPS) is 17.5. The molecule has 0 unspecified atom stereocenters. The highest BCUT2D eigenvalue weighted by Gasteiger charge is 2.27. The highest BCUT2D eigenvalue weighted by atomic mass is 32.2. The maximum atomic E-state index is 12.3. The van der Waals surface area contributed by atoms with Gasteiger partial charge in [-0.15, -0.1) is 11.3 Å². The molecule has 2 aliphatic carbocycles. The molecule has 0 atom stereocenters. The second kappa shape index (κ2) is 8.77. The summed E-state index contributed by atoms with van der Waals surface area (Å²) in [5, 5.41) is 3.50. The van der Waals surface area contributed by atoms with Gasteiger partial charge in [0.05, 0.1) is 10.6 Å². The molecule has 1 aromatic heterocycles. The summed E-state index contributed by atoms with van der Waals surface area (Å²) < 4.78 is 27.0. The second-order valence-corrected chi connectivity index (χ2v) is 10.4. The summed E-state index contributed by atoms with van der Waals surface area (Å²) in [5.41, 5.74) is 1.89. The maximum absolute atomic E-state index is 12.3. The molecular formula is C21H25N3O3S2. The van der Waals surface area contributed by atoms with Crippen LogP contribution in [0.3, 0.4) is 0 Å². The van der Waals surface area contributed by atoms with Crippen molar-refractivity contribution in [2.24, 2.45) is 0 Å². The van der Waals surface area contributed by atoms with Gasteiger partial charge in [-0.2, -0.15) is 0 Å². The zero-order chi connectivity index (χ0) is 20.3. The van der Waals surface area contributed by atoms with Gasteiger partial charge in [-0.3, -0.25) is 10.1 Å². The van der Waals surface area contributed by atoms with Crippen molar-refractivity contribution < 1.29 is 13.2 Å². The summed E-state index contributed by atoms with van der Waals surface area (Å²) in [7, 11) is -3.45. The number of sulfonamides is 1. The van der Waals surface area contributed by atoms with Crippen molar-refractivity contribution >= 4 is 38.5 Å². The van der Waals surface area contributed by atoms with Crippen LogP contribution < -0.4 is 10.0 Å². The predicted molar refractivity (Wildman–Crippen MR) is 115 cm³/mol.